The number of nitrogens with zero attached hydrogens (tertiary/aromatic N) is 4. The van der Waals surface area contributed by atoms with Gasteiger partial charge in [-0.05, 0) is 72.7 Å². The summed E-state index contributed by atoms with van der Waals surface area (Å²) in [7, 11) is 0. The zero-order chi connectivity index (χ0) is 22.1. The number of primary amides is 1. The molecule has 2 amide bonds. The van der Waals surface area contributed by atoms with Crippen LogP contribution >= 0.6 is 11.6 Å². The van der Waals surface area contributed by atoms with E-state index in [1.54, 1.807) is 17.3 Å². The molecule has 3 aromatic rings. The molecule has 7 heteroatoms. The molecule has 1 aliphatic heterocycles. The molecule has 0 radical (unpaired) electrons. The molecule has 1 fully saturated rings. The number of carbonyl (C=O) groups excluding carboxylic acids is 1. The Hall–Kier alpha value is -2.96. The molecule has 5 rings (SSSR count). The molecule has 32 heavy (non-hydrogen) atoms. The summed E-state index contributed by atoms with van der Waals surface area (Å²) in [6.45, 7) is 1.70. The number of aryl methyl sites for hydroxylation is 2. The van der Waals surface area contributed by atoms with Crippen molar-refractivity contribution in [1.29, 1.82) is 0 Å². The lowest BCUT2D eigenvalue weighted by molar-refractivity contribution is 0.169. The summed E-state index contributed by atoms with van der Waals surface area (Å²) in [5.41, 5.74) is 11.6. The lowest BCUT2D eigenvalue weighted by Crippen LogP contribution is -2.50. The highest BCUT2D eigenvalue weighted by Crippen LogP contribution is 2.38. The Morgan fingerprint density at radius 1 is 1.03 bits per heavy atom. The standard InChI is InChI=1S/C25H26ClN5O/c26-19-5-6-22-18(16-19)4-3-17-2-1-11-29-23(17)24(22)30-14-9-21(10-15-30)31(25(27)32)20-7-12-28-13-8-20/h1-2,5-8,11-13,16,21,24H,3-4,9-10,14-15H2,(H2,27,32). The smallest absolute Gasteiger partial charge is 0.319 e. The Balaban J connectivity index is 1.44. The zero-order valence-electron chi connectivity index (χ0n) is 17.8. The fourth-order valence-electron chi connectivity index (χ4n) is 5.18. The van der Waals surface area contributed by atoms with E-state index in [0.29, 0.717) is 0 Å². The molecule has 1 atom stereocenters. The van der Waals surface area contributed by atoms with Crippen molar-refractivity contribution in [2.45, 2.75) is 37.8 Å². The number of pyridine rings is 2. The SMILES string of the molecule is NC(=O)N(c1ccncc1)C1CCN(C2c3ccc(Cl)cc3CCc3cccnc32)CC1. The Morgan fingerprint density at radius 3 is 2.53 bits per heavy atom. The molecular weight excluding hydrogens is 422 g/mol. The van der Waals surface area contributed by atoms with E-state index in [1.807, 2.05) is 30.5 Å². The highest BCUT2D eigenvalue weighted by atomic mass is 35.5. The summed E-state index contributed by atoms with van der Waals surface area (Å²) < 4.78 is 0. The maximum absolute atomic E-state index is 12.3. The number of halogens is 1. The van der Waals surface area contributed by atoms with Crippen LogP contribution < -0.4 is 10.6 Å². The van der Waals surface area contributed by atoms with Crippen LogP contribution in [0.25, 0.3) is 0 Å². The van der Waals surface area contributed by atoms with Crippen LogP contribution in [0, 0.1) is 0 Å². The number of piperidine rings is 1. The zero-order valence-corrected chi connectivity index (χ0v) is 18.6. The quantitative estimate of drug-likeness (QED) is 0.647. The number of fused-ring (bicyclic) bond motifs is 2. The van der Waals surface area contributed by atoms with Gasteiger partial charge in [0.15, 0.2) is 0 Å². The minimum absolute atomic E-state index is 0.0600. The van der Waals surface area contributed by atoms with E-state index >= 15 is 0 Å². The van der Waals surface area contributed by atoms with Gasteiger partial charge in [0, 0.05) is 48.4 Å². The lowest BCUT2D eigenvalue weighted by Gasteiger charge is -2.41. The van der Waals surface area contributed by atoms with Gasteiger partial charge in [0.05, 0.1) is 11.7 Å². The van der Waals surface area contributed by atoms with E-state index in [1.165, 1.54) is 16.7 Å². The fraction of sp³-hybridized carbons (Fsp3) is 0.320. The van der Waals surface area contributed by atoms with Crippen LogP contribution in [0.15, 0.2) is 61.1 Å². The first kappa shape index (κ1) is 20.9. The normalized spacial score (nSPS) is 19.0. The van der Waals surface area contributed by atoms with E-state index in [-0.39, 0.29) is 12.1 Å². The third-order valence-electron chi connectivity index (χ3n) is 6.66. The fourth-order valence-corrected chi connectivity index (χ4v) is 5.37. The number of amides is 2. The van der Waals surface area contributed by atoms with E-state index in [4.69, 9.17) is 22.3 Å². The Kier molecular flexibility index (Phi) is 5.81. The number of nitrogens with two attached hydrogens (primary N) is 1. The lowest BCUT2D eigenvalue weighted by atomic mass is 9.93. The number of likely N-dealkylation sites (tertiary alicyclic amines) is 1. The summed E-state index contributed by atoms with van der Waals surface area (Å²) in [5, 5.41) is 0.773. The molecule has 2 aromatic heterocycles. The monoisotopic (exact) mass is 447 g/mol. The predicted octanol–water partition coefficient (Wildman–Crippen LogP) is 4.37. The van der Waals surface area contributed by atoms with Crippen molar-refractivity contribution in [1.82, 2.24) is 14.9 Å². The van der Waals surface area contributed by atoms with Crippen LogP contribution in [0.5, 0.6) is 0 Å². The third-order valence-corrected chi connectivity index (χ3v) is 6.89. The number of anilines is 1. The highest BCUT2D eigenvalue weighted by Gasteiger charge is 2.35. The Labute approximate surface area is 193 Å². The molecule has 1 unspecified atom stereocenters. The molecule has 1 aliphatic carbocycles. The van der Waals surface area contributed by atoms with Gasteiger partial charge in [0.1, 0.15) is 0 Å². The Morgan fingerprint density at radius 2 is 1.78 bits per heavy atom. The first-order valence-electron chi connectivity index (χ1n) is 11.1. The van der Waals surface area contributed by atoms with Crippen LogP contribution in [0.3, 0.4) is 0 Å². The van der Waals surface area contributed by atoms with Crippen molar-refractivity contribution in [2.75, 3.05) is 18.0 Å². The van der Waals surface area contributed by atoms with E-state index in [2.05, 4.69) is 28.1 Å². The van der Waals surface area contributed by atoms with Gasteiger partial charge in [-0.1, -0.05) is 23.7 Å². The number of carbonyl (C=O) groups is 1. The molecular formula is C25H26ClN5O. The van der Waals surface area contributed by atoms with E-state index in [0.717, 1.165) is 55.2 Å². The third kappa shape index (κ3) is 3.96. The number of hydrogen-bond donors (Lipinski definition) is 1. The average Bonchev–Trinajstić information content (AvgIpc) is 2.97. The second-order valence-electron chi connectivity index (χ2n) is 8.47. The number of aromatic nitrogens is 2. The molecule has 0 saturated carbocycles. The summed E-state index contributed by atoms with van der Waals surface area (Å²) in [4.78, 5) is 25.4. The molecule has 1 saturated heterocycles. The summed E-state index contributed by atoms with van der Waals surface area (Å²) in [6, 6.07) is 13.8. The number of benzene rings is 1. The van der Waals surface area contributed by atoms with Crippen molar-refractivity contribution >= 4 is 23.3 Å². The number of urea groups is 1. The summed E-state index contributed by atoms with van der Waals surface area (Å²) >= 11 is 6.33. The van der Waals surface area contributed by atoms with Crippen LogP contribution in [0.4, 0.5) is 10.5 Å². The minimum Gasteiger partial charge on any atom is -0.351 e. The summed E-state index contributed by atoms with van der Waals surface area (Å²) in [6.07, 6.45) is 8.87. The predicted molar refractivity (Wildman–Crippen MR) is 126 cm³/mol. The van der Waals surface area contributed by atoms with Gasteiger partial charge in [-0.15, -0.1) is 0 Å². The van der Waals surface area contributed by atoms with Gasteiger partial charge in [-0.2, -0.15) is 0 Å². The van der Waals surface area contributed by atoms with Crippen LogP contribution in [0.1, 0.15) is 41.3 Å². The second-order valence-corrected chi connectivity index (χ2v) is 8.91. The van der Waals surface area contributed by atoms with Crippen LogP contribution in [-0.2, 0) is 12.8 Å². The van der Waals surface area contributed by atoms with Crippen LogP contribution in [-0.4, -0.2) is 40.0 Å². The van der Waals surface area contributed by atoms with Gasteiger partial charge >= 0.3 is 6.03 Å². The van der Waals surface area contributed by atoms with Crippen molar-refractivity contribution in [3.05, 3.63) is 88.5 Å². The Bertz CT molecular complexity index is 1110. The van der Waals surface area contributed by atoms with Gasteiger partial charge in [-0.25, -0.2) is 4.79 Å². The largest absolute Gasteiger partial charge is 0.351 e. The first-order chi connectivity index (χ1) is 15.6. The number of hydrogen-bond acceptors (Lipinski definition) is 4. The van der Waals surface area contributed by atoms with Crippen molar-refractivity contribution in [3.8, 4) is 0 Å². The average molecular weight is 448 g/mol. The van der Waals surface area contributed by atoms with Gasteiger partial charge < -0.3 is 5.73 Å². The van der Waals surface area contributed by atoms with Crippen molar-refractivity contribution in [2.24, 2.45) is 5.73 Å². The molecule has 3 heterocycles. The molecule has 164 valence electrons. The molecule has 6 nitrogen and oxygen atoms in total. The minimum atomic E-state index is -0.420. The molecule has 1 aromatic carbocycles. The van der Waals surface area contributed by atoms with E-state index in [9.17, 15) is 4.79 Å². The first-order valence-corrected chi connectivity index (χ1v) is 11.4. The molecule has 2 N–H and O–H groups in total. The van der Waals surface area contributed by atoms with E-state index < -0.39 is 6.03 Å². The topological polar surface area (TPSA) is 75.4 Å². The summed E-state index contributed by atoms with van der Waals surface area (Å²) in [5.74, 6) is 0. The van der Waals surface area contributed by atoms with Gasteiger partial charge in [0.2, 0.25) is 0 Å². The van der Waals surface area contributed by atoms with Crippen molar-refractivity contribution < 1.29 is 4.79 Å². The molecule has 2 aliphatic rings. The van der Waals surface area contributed by atoms with Gasteiger partial charge in [0.25, 0.3) is 0 Å². The molecule has 0 spiro atoms. The highest BCUT2D eigenvalue weighted by molar-refractivity contribution is 6.30. The maximum atomic E-state index is 12.3. The van der Waals surface area contributed by atoms with Crippen molar-refractivity contribution in [3.63, 3.8) is 0 Å². The van der Waals surface area contributed by atoms with Crippen LogP contribution in [0.2, 0.25) is 5.02 Å². The number of rotatable bonds is 3. The second kappa shape index (κ2) is 8.88. The molecule has 0 bridgehead atoms. The van der Waals surface area contributed by atoms with Gasteiger partial charge in [-0.3, -0.25) is 19.8 Å². The maximum Gasteiger partial charge on any atom is 0.319 e.